The van der Waals surface area contributed by atoms with Gasteiger partial charge in [0, 0.05) is 38.1 Å². The predicted molar refractivity (Wildman–Crippen MR) is 152 cm³/mol. The molecule has 13 nitrogen and oxygen atoms in total. The van der Waals surface area contributed by atoms with Gasteiger partial charge in [-0.05, 0) is 32.0 Å². The summed E-state index contributed by atoms with van der Waals surface area (Å²) in [7, 11) is -2.68. The Balaban J connectivity index is 2.44. The third kappa shape index (κ3) is 19.4. The van der Waals surface area contributed by atoms with E-state index in [0.29, 0.717) is 13.2 Å². The summed E-state index contributed by atoms with van der Waals surface area (Å²) in [6, 6.07) is 5.06. The van der Waals surface area contributed by atoms with Crippen molar-refractivity contribution in [3.05, 3.63) is 34.4 Å². The second-order valence-corrected chi connectivity index (χ2v) is 10.9. The maximum atomic E-state index is 12.4. The standard InChI is InChI=1S/C27H45N2O11P/c1-3-4-5-6-7-8-9-10-19-36-21-25(22-38-41(34,35)37-20-18-28-2)40-27(31)13-11-12-26(30)39-24-16-14-23(15-17-24)29(32)33/h14-17,25,28H,3-13,18-22H2,1-2H3,(H,34,35). The van der Waals surface area contributed by atoms with Gasteiger partial charge in [-0.15, -0.1) is 0 Å². The van der Waals surface area contributed by atoms with Gasteiger partial charge in [-0.1, -0.05) is 51.9 Å². The first kappa shape index (κ1) is 36.6. The Labute approximate surface area is 242 Å². The third-order valence-electron chi connectivity index (χ3n) is 5.82. The molecule has 0 bridgehead atoms. The van der Waals surface area contributed by atoms with E-state index in [-0.39, 0.29) is 43.9 Å². The predicted octanol–water partition coefficient (Wildman–Crippen LogP) is 5.09. The molecule has 0 amide bonds. The van der Waals surface area contributed by atoms with Crippen molar-refractivity contribution in [1.29, 1.82) is 0 Å². The van der Waals surface area contributed by atoms with E-state index in [2.05, 4.69) is 12.2 Å². The number of nitrogens with one attached hydrogen (secondary N) is 1. The molecule has 1 aromatic rings. The SMILES string of the molecule is CCCCCCCCCCOCC(COP(=O)(O)OCCNC)OC(=O)CCCC(=O)Oc1ccc([N+](=O)[O-])cc1. The van der Waals surface area contributed by atoms with Crippen molar-refractivity contribution in [2.75, 3.05) is 40.0 Å². The average molecular weight is 605 g/mol. The van der Waals surface area contributed by atoms with Crippen LogP contribution in [0.15, 0.2) is 24.3 Å². The second-order valence-electron chi connectivity index (χ2n) is 9.44. The van der Waals surface area contributed by atoms with E-state index in [1.807, 2.05) is 0 Å². The van der Waals surface area contributed by atoms with Crippen molar-refractivity contribution in [3.8, 4) is 5.75 Å². The second kappa shape index (κ2) is 22.2. The van der Waals surface area contributed by atoms with Gasteiger partial charge in [-0.25, -0.2) is 4.57 Å². The van der Waals surface area contributed by atoms with Crippen molar-refractivity contribution >= 4 is 25.4 Å². The zero-order valence-electron chi connectivity index (χ0n) is 24.1. The first-order chi connectivity index (χ1) is 19.7. The summed E-state index contributed by atoms with van der Waals surface area (Å²) in [6.45, 7) is 2.51. The Morgan fingerprint density at radius 3 is 2.20 bits per heavy atom. The van der Waals surface area contributed by atoms with Crippen LogP contribution in [0, 0.1) is 10.1 Å². The number of rotatable bonds is 25. The molecule has 0 saturated carbocycles. The highest BCUT2D eigenvalue weighted by molar-refractivity contribution is 7.47. The summed E-state index contributed by atoms with van der Waals surface area (Å²) in [5.41, 5.74) is -0.130. The van der Waals surface area contributed by atoms with Gasteiger partial charge in [-0.2, -0.15) is 0 Å². The smallest absolute Gasteiger partial charge is 0.457 e. The Kier molecular flexibility index (Phi) is 19.8. The Hall–Kier alpha value is -2.41. The number of likely N-dealkylation sites (N-methyl/N-ethyl adjacent to an activating group) is 1. The number of phosphoric acid groups is 1. The number of hydrogen-bond donors (Lipinski definition) is 2. The van der Waals surface area contributed by atoms with Gasteiger partial charge in [0.1, 0.15) is 11.9 Å². The summed E-state index contributed by atoms with van der Waals surface area (Å²) in [5.74, 6) is -1.10. The van der Waals surface area contributed by atoms with Crippen LogP contribution in [0.2, 0.25) is 0 Å². The topological polar surface area (TPSA) is 173 Å². The highest BCUT2D eigenvalue weighted by Crippen LogP contribution is 2.43. The molecule has 14 heteroatoms. The van der Waals surface area contributed by atoms with Crippen LogP contribution >= 0.6 is 7.82 Å². The quantitative estimate of drug-likeness (QED) is 0.0378. The summed E-state index contributed by atoms with van der Waals surface area (Å²) in [4.78, 5) is 44.4. The molecule has 234 valence electrons. The van der Waals surface area contributed by atoms with Crippen molar-refractivity contribution < 1.29 is 47.2 Å². The lowest BCUT2D eigenvalue weighted by Crippen LogP contribution is -2.28. The van der Waals surface area contributed by atoms with E-state index in [1.54, 1.807) is 7.05 Å². The van der Waals surface area contributed by atoms with Gasteiger partial charge < -0.3 is 24.4 Å². The number of phosphoric ester groups is 1. The van der Waals surface area contributed by atoms with Crippen molar-refractivity contribution in [3.63, 3.8) is 0 Å². The minimum absolute atomic E-state index is 0.0268. The largest absolute Gasteiger partial charge is 0.472 e. The highest BCUT2D eigenvalue weighted by Gasteiger charge is 2.25. The monoisotopic (exact) mass is 604 g/mol. The third-order valence-corrected chi connectivity index (χ3v) is 6.80. The molecule has 0 aliphatic carbocycles. The number of unbranched alkanes of at least 4 members (excludes halogenated alkanes) is 7. The Morgan fingerprint density at radius 1 is 0.927 bits per heavy atom. The molecule has 2 N–H and O–H groups in total. The van der Waals surface area contributed by atoms with Gasteiger partial charge >= 0.3 is 19.8 Å². The molecule has 0 fully saturated rings. The first-order valence-corrected chi connectivity index (χ1v) is 15.6. The maximum Gasteiger partial charge on any atom is 0.472 e. The molecular weight excluding hydrogens is 559 g/mol. The molecule has 2 unspecified atom stereocenters. The van der Waals surface area contributed by atoms with Gasteiger partial charge in [-0.3, -0.25) is 28.8 Å². The molecule has 2 atom stereocenters. The van der Waals surface area contributed by atoms with Gasteiger partial charge in [0.25, 0.3) is 5.69 Å². The number of benzene rings is 1. The number of non-ortho nitro benzene ring substituents is 1. The van der Waals surface area contributed by atoms with Crippen LogP contribution in [0.1, 0.15) is 77.6 Å². The summed E-state index contributed by atoms with van der Waals surface area (Å²) >= 11 is 0. The average Bonchev–Trinajstić information content (AvgIpc) is 2.93. The molecule has 0 heterocycles. The number of ether oxygens (including phenoxy) is 3. The molecule has 0 aliphatic heterocycles. The number of carbonyl (C=O) groups excluding carboxylic acids is 2. The van der Waals surface area contributed by atoms with E-state index in [9.17, 15) is 29.2 Å². The lowest BCUT2D eigenvalue weighted by Gasteiger charge is -2.20. The van der Waals surface area contributed by atoms with E-state index in [0.717, 1.165) is 19.3 Å². The molecule has 0 aliphatic rings. The molecule has 41 heavy (non-hydrogen) atoms. The summed E-state index contributed by atoms with van der Waals surface area (Å²) < 4.78 is 38.1. The van der Waals surface area contributed by atoms with Crippen molar-refractivity contribution in [2.24, 2.45) is 0 Å². The minimum atomic E-state index is -4.35. The summed E-state index contributed by atoms with van der Waals surface area (Å²) in [5, 5.41) is 13.5. The molecule has 0 saturated heterocycles. The van der Waals surface area contributed by atoms with Gasteiger partial charge in [0.05, 0.1) is 24.7 Å². The summed E-state index contributed by atoms with van der Waals surface area (Å²) in [6.07, 6.45) is 8.13. The van der Waals surface area contributed by atoms with E-state index in [1.165, 1.54) is 56.4 Å². The van der Waals surface area contributed by atoms with Gasteiger partial charge in [0.2, 0.25) is 0 Å². The van der Waals surface area contributed by atoms with Crippen LogP contribution in [-0.2, 0) is 32.7 Å². The number of hydrogen-bond acceptors (Lipinski definition) is 11. The minimum Gasteiger partial charge on any atom is -0.457 e. The molecule has 0 spiro atoms. The van der Waals surface area contributed by atoms with Crippen molar-refractivity contribution in [2.45, 2.75) is 83.7 Å². The van der Waals surface area contributed by atoms with Crippen molar-refractivity contribution in [1.82, 2.24) is 5.32 Å². The first-order valence-electron chi connectivity index (χ1n) is 14.2. The van der Waals surface area contributed by atoms with Gasteiger partial charge in [0.15, 0.2) is 0 Å². The normalized spacial score (nSPS) is 13.3. The van der Waals surface area contributed by atoms with E-state index < -0.39 is 37.4 Å². The number of carbonyl (C=O) groups is 2. The van der Waals surface area contributed by atoms with Crippen LogP contribution in [0.5, 0.6) is 5.75 Å². The van der Waals surface area contributed by atoms with Crippen LogP contribution < -0.4 is 10.1 Å². The molecule has 1 aromatic carbocycles. The van der Waals surface area contributed by atoms with E-state index >= 15 is 0 Å². The number of nitro benzene ring substituents is 1. The number of nitro groups is 1. The zero-order chi connectivity index (χ0) is 30.3. The highest BCUT2D eigenvalue weighted by atomic mass is 31.2. The van der Waals surface area contributed by atoms with Crippen LogP contribution in [-0.4, -0.2) is 67.9 Å². The molecule has 0 aromatic heterocycles. The Morgan fingerprint density at radius 2 is 1.56 bits per heavy atom. The fraction of sp³-hybridized carbons (Fsp3) is 0.704. The fourth-order valence-electron chi connectivity index (χ4n) is 3.59. The van der Waals surface area contributed by atoms with Crippen LogP contribution in [0.25, 0.3) is 0 Å². The Bertz CT molecular complexity index is 930. The maximum absolute atomic E-state index is 12.4. The molecule has 0 radical (unpaired) electrons. The molecular formula is C27H45N2O11P. The lowest BCUT2D eigenvalue weighted by molar-refractivity contribution is -0.384. The number of esters is 2. The lowest BCUT2D eigenvalue weighted by atomic mass is 10.1. The molecule has 1 rings (SSSR count). The zero-order valence-corrected chi connectivity index (χ0v) is 25.0. The number of nitrogens with zero attached hydrogens (tertiary/aromatic N) is 1. The van der Waals surface area contributed by atoms with Crippen LogP contribution in [0.3, 0.4) is 0 Å². The fourth-order valence-corrected chi connectivity index (χ4v) is 4.34. The van der Waals surface area contributed by atoms with Crippen LogP contribution in [0.4, 0.5) is 5.69 Å². The van der Waals surface area contributed by atoms with E-state index in [4.69, 9.17) is 23.3 Å².